The summed E-state index contributed by atoms with van der Waals surface area (Å²) in [6.07, 6.45) is 7.15. The Balaban J connectivity index is 1.48. The van der Waals surface area contributed by atoms with Crippen molar-refractivity contribution in [2.45, 2.75) is 30.7 Å². The molecule has 1 aromatic carbocycles. The number of hydrogen-bond donors (Lipinski definition) is 0. The van der Waals surface area contributed by atoms with Gasteiger partial charge in [-0.05, 0) is 38.0 Å². The Hall–Kier alpha value is -2.09. The molecule has 0 amide bonds. The molecule has 2 aromatic heterocycles. The zero-order chi connectivity index (χ0) is 19.5. The molecule has 1 saturated carbocycles. The van der Waals surface area contributed by atoms with Crippen LogP contribution < -0.4 is 0 Å². The number of benzene rings is 1. The van der Waals surface area contributed by atoms with Crippen LogP contribution in [0.2, 0.25) is 5.02 Å². The van der Waals surface area contributed by atoms with Crippen LogP contribution in [0, 0.1) is 12.3 Å². The van der Waals surface area contributed by atoms with Gasteiger partial charge in [0, 0.05) is 23.4 Å². The first-order valence-corrected chi connectivity index (χ1v) is 11.0. The van der Waals surface area contributed by atoms with Crippen molar-refractivity contribution in [3.8, 4) is 11.3 Å². The van der Waals surface area contributed by atoms with E-state index in [-0.39, 0.29) is 4.90 Å². The summed E-state index contributed by atoms with van der Waals surface area (Å²) < 4.78 is 34.8. The van der Waals surface area contributed by atoms with Gasteiger partial charge in [-0.3, -0.25) is 4.68 Å². The fourth-order valence-corrected chi connectivity index (χ4v) is 5.71. The topological polar surface area (TPSA) is 66.1 Å². The number of ether oxygens (including phenoxy) is 1. The van der Waals surface area contributed by atoms with Crippen LogP contribution in [0.15, 0.2) is 53.8 Å². The van der Waals surface area contributed by atoms with E-state index in [1.165, 1.54) is 10.2 Å². The van der Waals surface area contributed by atoms with Crippen molar-refractivity contribution in [1.82, 2.24) is 13.8 Å². The highest BCUT2D eigenvalue weighted by molar-refractivity contribution is 7.90. The largest absolute Gasteiger partial charge is 0.380 e. The highest BCUT2D eigenvalue weighted by Crippen LogP contribution is 2.52. The molecule has 3 aromatic rings. The Morgan fingerprint density at radius 2 is 1.89 bits per heavy atom. The highest BCUT2D eigenvalue weighted by Gasteiger charge is 2.50. The lowest BCUT2D eigenvalue weighted by molar-refractivity contribution is -0.175. The molecule has 2 aliphatic rings. The monoisotopic (exact) mass is 417 g/mol. The summed E-state index contributed by atoms with van der Waals surface area (Å²) in [6.45, 7) is 3.60. The van der Waals surface area contributed by atoms with E-state index in [0.717, 1.165) is 37.2 Å². The molecule has 1 saturated heterocycles. The molecule has 0 atom stereocenters. The van der Waals surface area contributed by atoms with Gasteiger partial charge in [-0.15, -0.1) is 0 Å². The fourth-order valence-electron chi connectivity index (χ4n) is 4.07. The maximum Gasteiger partial charge on any atom is 0.268 e. The van der Waals surface area contributed by atoms with Crippen molar-refractivity contribution in [2.75, 3.05) is 13.2 Å². The van der Waals surface area contributed by atoms with Gasteiger partial charge in [0.25, 0.3) is 10.0 Å². The molecule has 2 fully saturated rings. The zero-order valence-corrected chi connectivity index (χ0v) is 16.9. The second-order valence-corrected chi connectivity index (χ2v) is 10.2. The van der Waals surface area contributed by atoms with Crippen LogP contribution in [-0.2, 0) is 14.8 Å². The molecule has 1 aliphatic carbocycles. The molecule has 146 valence electrons. The molecular weight excluding hydrogens is 398 g/mol. The molecule has 8 heteroatoms. The second kappa shape index (κ2) is 6.20. The lowest BCUT2D eigenvalue weighted by Gasteiger charge is -2.53. The molecular formula is C20H20ClN3O3S. The molecule has 0 radical (unpaired) electrons. The van der Waals surface area contributed by atoms with Gasteiger partial charge in [0.05, 0.1) is 41.1 Å². The smallest absolute Gasteiger partial charge is 0.268 e. The minimum Gasteiger partial charge on any atom is -0.380 e. The van der Waals surface area contributed by atoms with E-state index in [1.807, 2.05) is 17.8 Å². The standard InChI is InChI=1S/C20H20ClN3O3S/c1-14-2-4-18(5-3-14)28(25,26)24-11-16(21)6-19(24)15-9-22-23(10-15)17-7-20(8-17)12-27-13-20/h2-6,9-11,17H,7-8,12-13H2,1H3. The molecule has 0 N–H and O–H groups in total. The first kappa shape index (κ1) is 18.0. The van der Waals surface area contributed by atoms with Crippen molar-refractivity contribution in [3.05, 3.63) is 59.5 Å². The van der Waals surface area contributed by atoms with E-state index in [2.05, 4.69) is 5.10 Å². The Bertz CT molecular complexity index is 1140. The number of nitrogens with zero attached hydrogens (tertiary/aromatic N) is 3. The molecule has 28 heavy (non-hydrogen) atoms. The second-order valence-electron chi connectivity index (χ2n) is 7.92. The van der Waals surface area contributed by atoms with Crippen LogP contribution in [0.5, 0.6) is 0 Å². The Morgan fingerprint density at radius 1 is 1.18 bits per heavy atom. The predicted molar refractivity (Wildman–Crippen MR) is 106 cm³/mol. The molecule has 0 unspecified atom stereocenters. The average Bonchev–Trinajstić information content (AvgIpc) is 3.20. The number of aromatic nitrogens is 3. The maximum atomic E-state index is 13.2. The summed E-state index contributed by atoms with van der Waals surface area (Å²) in [5.74, 6) is 0. The summed E-state index contributed by atoms with van der Waals surface area (Å²) in [7, 11) is -3.75. The summed E-state index contributed by atoms with van der Waals surface area (Å²) in [5, 5.41) is 4.85. The molecule has 5 rings (SSSR count). The zero-order valence-electron chi connectivity index (χ0n) is 15.4. The fraction of sp³-hybridized carbons (Fsp3) is 0.350. The van der Waals surface area contributed by atoms with Crippen molar-refractivity contribution in [3.63, 3.8) is 0 Å². The molecule has 1 spiro atoms. The van der Waals surface area contributed by atoms with E-state index in [9.17, 15) is 8.42 Å². The van der Waals surface area contributed by atoms with Crippen molar-refractivity contribution in [1.29, 1.82) is 0 Å². The lowest BCUT2D eigenvalue weighted by atomic mass is 9.64. The number of hydrogen-bond acceptors (Lipinski definition) is 4. The van der Waals surface area contributed by atoms with Crippen LogP contribution in [0.1, 0.15) is 24.4 Å². The SMILES string of the molecule is Cc1ccc(S(=O)(=O)n2cc(Cl)cc2-c2cnn(C3CC4(COC4)C3)c2)cc1. The van der Waals surface area contributed by atoms with Crippen LogP contribution in [0.25, 0.3) is 11.3 Å². The molecule has 6 nitrogen and oxygen atoms in total. The number of halogens is 1. The minimum atomic E-state index is -3.75. The van der Waals surface area contributed by atoms with Gasteiger partial charge in [-0.2, -0.15) is 5.10 Å². The third-order valence-corrected chi connectivity index (χ3v) is 7.65. The van der Waals surface area contributed by atoms with E-state index < -0.39 is 10.0 Å². The minimum absolute atomic E-state index is 0.227. The van der Waals surface area contributed by atoms with Crippen molar-refractivity contribution < 1.29 is 13.2 Å². The highest BCUT2D eigenvalue weighted by atomic mass is 35.5. The van der Waals surface area contributed by atoms with Gasteiger partial charge in [0.15, 0.2) is 0 Å². The van der Waals surface area contributed by atoms with Gasteiger partial charge in [0.1, 0.15) is 0 Å². The van der Waals surface area contributed by atoms with E-state index in [1.54, 1.807) is 36.5 Å². The normalized spacial score (nSPS) is 18.8. The quantitative estimate of drug-likeness (QED) is 0.645. The van der Waals surface area contributed by atoms with Crippen molar-refractivity contribution >= 4 is 21.6 Å². The third-order valence-electron chi connectivity index (χ3n) is 5.76. The first-order chi connectivity index (χ1) is 13.4. The maximum absolute atomic E-state index is 13.2. The predicted octanol–water partition coefficient (Wildman–Crippen LogP) is 3.90. The summed E-state index contributed by atoms with van der Waals surface area (Å²) in [6, 6.07) is 8.79. The van der Waals surface area contributed by atoms with E-state index in [0.29, 0.717) is 22.2 Å². The summed E-state index contributed by atoms with van der Waals surface area (Å²) in [5.41, 5.74) is 2.59. The van der Waals surface area contributed by atoms with Crippen LogP contribution in [0.4, 0.5) is 0 Å². The molecule has 3 heterocycles. The number of aryl methyl sites for hydroxylation is 1. The molecule has 0 bridgehead atoms. The summed E-state index contributed by atoms with van der Waals surface area (Å²) in [4.78, 5) is 0.227. The lowest BCUT2D eigenvalue weighted by Crippen LogP contribution is -2.52. The van der Waals surface area contributed by atoms with Crippen LogP contribution in [-0.4, -0.2) is 35.4 Å². The Kier molecular flexibility index (Phi) is 3.98. The number of rotatable bonds is 4. The van der Waals surface area contributed by atoms with Crippen molar-refractivity contribution in [2.24, 2.45) is 5.41 Å². The first-order valence-electron chi connectivity index (χ1n) is 9.19. The van der Waals surface area contributed by atoms with Gasteiger partial charge >= 0.3 is 0 Å². The van der Waals surface area contributed by atoms with Gasteiger partial charge in [0.2, 0.25) is 0 Å². The van der Waals surface area contributed by atoms with Gasteiger partial charge < -0.3 is 4.74 Å². The van der Waals surface area contributed by atoms with Gasteiger partial charge in [-0.1, -0.05) is 29.3 Å². The average molecular weight is 418 g/mol. The Labute approximate surface area is 168 Å². The molecule has 1 aliphatic heterocycles. The Morgan fingerprint density at radius 3 is 2.54 bits per heavy atom. The van der Waals surface area contributed by atoms with E-state index in [4.69, 9.17) is 16.3 Å². The van der Waals surface area contributed by atoms with Gasteiger partial charge in [-0.25, -0.2) is 12.4 Å². The van der Waals surface area contributed by atoms with Crippen LogP contribution in [0.3, 0.4) is 0 Å². The van der Waals surface area contributed by atoms with Crippen LogP contribution >= 0.6 is 11.6 Å². The van der Waals surface area contributed by atoms with E-state index >= 15 is 0 Å². The third kappa shape index (κ3) is 2.80. The summed E-state index contributed by atoms with van der Waals surface area (Å²) >= 11 is 6.18.